The van der Waals surface area contributed by atoms with Crippen molar-refractivity contribution in [3.63, 3.8) is 0 Å². The van der Waals surface area contributed by atoms with Crippen LogP contribution in [0.15, 0.2) is 0 Å². The van der Waals surface area contributed by atoms with Crippen LogP contribution in [-0.2, 0) is 14.4 Å². The molecule has 16 heavy (non-hydrogen) atoms. The Kier molecular flexibility index (Phi) is 8.05. The number of carbonyl (C=O) groups excluding carboxylic acids is 3. The Labute approximate surface area is 94.9 Å². The third kappa shape index (κ3) is 6.13. The van der Waals surface area contributed by atoms with E-state index in [-0.39, 0.29) is 18.4 Å². The maximum Gasteiger partial charge on any atom is 0.242 e. The Morgan fingerprint density at radius 3 is 2.62 bits per heavy atom. The molecule has 0 rings (SSSR count). The maximum atomic E-state index is 11.5. The monoisotopic (exact) mass is 229 g/mol. The molecule has 0 aliphatic rings. The summed E-state index contributed by atoms with van der Waals surface area (Å²) in [7, 11) is 0. The molecule has 6 heteroatoms. The molecule has 2 amide bonds. The van der Waals surface area contributed by atoms with E-state index >= 15 is 0 Å². The highest BCUT2D eigenvalue weighted by Crippen LogP contribution is 1.94. The Morgan fingerprint density at radius 2 is 2.12 bits per heavy atom. The molecule has 0 unspecified atom stereocenters. The molecule has 92 valence electrons. The van der Waals surface area contributed by atoms with Gasteiger partial charge in [0.25, 0.3) is 0 Å². The fourth-order valence-electron chi connectivity index (χ4n) is 1.19. The normalized spacial score (nSPS) is 11.6. The van der Waals surface area contributed by atoms with Crippen LogP contribution >= 0.6 is 0 Å². The second-order valence-electron chi connectivity index (χ2n) is 3.36. The van der Waals surface area contributed by atoms with E-state index in [4.69, 9.17) is 5.73 Å². The molecule has 0 spiro atoms. The van der Waals surface area contributed by atoms with Gasteiger partial charge >= 0.3 is 0 Å². The van der Waals surface area contributed by atoms with Crippen molar-refractivity contribution in [2.45, 2.75) is 32.2 Å². The quantitative estimate of drug-likeness (QED) is 0.461. The Balaban J connectivity index is 4.18. The van der Waals surface area contributed by atoms with Crippen LogP contribution in [0.3, 0.4) is 0 Å². The lowest BCUT2D eigenvalue weighted by Gasteiger charge is -2.16. The van der Waals surface area contributed by atoms with E-state index in [1.165, 1.54) is 0 Å². The SMILES string of the molecule is CCCC(=O)N[C@@H](CCN)C(=O)NCC=O. The summed E-state index contributed by atoms with van der Waals surface area (Å²) < 4.78 is 0. The van der Waals surface area contributed by atoms with Crippen LogP contribution in [0.2, 0.25) is 0 Å². The van der Waals surface area contributed by atoms with E-state index in [0.717, 1.165) is 6.42 Å². The number of aldehydes is 1. The van der Waals surface area contributed by atoms with E-state index in [1.807, 2.05) is 6.92 Å². The molecular formula is C10H19N3O3. The fourth-order valence-corrected chi connectivity index (χ4v) is 1.19. The van der Waals surface area contributed by atoms with E-state index < -0.39 is 6.04 Å². The molecular weight excluding hydrogens is 210 g/mol. The zero-order valence-corrected chi connectivity index (χ0v) is 9.49. The molecule has 0 fully saturated rings. The molecule has 0 aromatic rings. The number of nitrogens with one attached hydrogen (secondary N) is 2. The molecule has 0 bridgehead atoms. The number of carbonyl (C=O) groups is 3. The summed E-state index contributed by atoms with van der Waals surface area (Å²) in [5.74, 6) is -0.552. The summed E-state index contributed by atoms with van der Waals surface area (Å²) in [6.07, 6.45) is 2.05. The lowest BCUT2D eigenvalue weighted by Crippen LogP contribution is -2.48. The predicted molar refractivity (Wildman–Crippen MR) is 59.6 cm³/mol. The van der Waals surface area contributed by atoms with Crippen LogP contribution in [0, 0.1) is 0 Å². The molecule has 4 N–H and O–H groups in total. The van der Waals surface area contributed by atoms with Gasteiger partial charge in [0.05, 0.1) is 6.54 Å². The molecule has 0 aliphatic carbocycles. The molecule has 0 radical (unpaired) electrons. The van der Waals surface area contributed by atoms with E-state index in [1.54, 1.807) is 0 Å². The molecule has 0 saturated heterocycles. The van der Waals surface area contributed by atoms with Gasteiger partial charge in [0.2, 0.25) is 11.8 Å². The summed E-state index contributed by atoms with van der Waals surface area (Å²) in [4.78, 5) is 32.9. The minimum Gasteiger partial charge on any atom is -0.348 e. The summed E-state index contributed by atoms with van der Waals surface area (Å²) in [6.45, 7) is 2.12. The van der Waals surface area contributed by atoms with Crippen molar-refractivity contribution in [2.24, 2.45) is 5.73 Å². The van der Waals surface area contributed by atoms with Gasteiger partial charge in [-0.2, -0.15) is 0 Å². The van der Waals surface area contributed by atoms with Crippen LogP contribution < -0.4 is 16.4 Å². The van der Waals surface area contributed by atoms with Crippen LogP contribution in [0.25, 0.3) is 0 Å². The first-order chi connectivity index (χ1) is 7.65. The number of nitrogens with two attached hydrogens (primary N) is 1. The van der Waals surface area contributed by atoms with Gasteiger partial charge in [-0.1, -0.05) is 6.92 Å². The van der Waals surface area contributed by atoms with Crippen molar-refractivity contribution in [3.05, 3.63) is 0 Å². The van der Waals surface area contributed by atoms with E-state index in [9.17, 15) is 14.4 Å². The topological polar surface area (TPSA) is 101 Å². The molecule has 0 aromatic heterocycles. The lowest BCUT2D eigenvalue weighted by atomic mass is 10.1. The van der Waals surface area contributed by atoms with Gasteiger partial charge in [-0.25, -0.2) is 0 Å². The van der Waals surface area contributed by atoms with E-state index in [0.29, 0.717) is 25.7 Å². The first-order valence-electron chi connectivity index (χ1n) is 5.36. The predicted octanol–water partition coefficient (Wildman–Crippen LogP) is -1.06. The molecule has 6 nitrogen and oxygen atoms in total. The highest BCUT2D eigenvalue weighted by molar-refractivity contribution is 5.88. The van der Waals surface area contributed by atoms with Crippen molar-refractivity contribution in [2.75, 3.05) is 13.1 Å². The Bertz CT molecular complexity index is 243. The molecule has 0 heterocycles. The first-order valence-corrected chi connectivity index (χ1v) is 5.36. The number of amides is 2. The molecule has 0 saturated carbocycles. The van der Waals surface area contributed by atoms with Crippen molar-refractivity contribution in [3.8, 4) is 0 Å². The smallest absolute Gasteiger partial charge is 0.242 e. The van der Waals surface area contributed by atoms with Gasteiger partial charge in [0, 0.05) is 6.42 Å². The zero-order chi connectivity index (χ0) is 12.4. The Hall–Kier alpha value is -1.43. The van der Waals surface area contributed by atoms with Crippen LogP contribution in [0.5, 0.6) is 0 Å². The number of hydrogen-bond acceptors (Lipinski definition) is 4. The van der Waals surface area contributed by atoms with Gasteiger partial charge in [-0.05, 0) is 19.4 Å². The third-order valence-electron chi connectivity index (χ3n) is 1.94. The van der Waals surface area contributed by atoms with Crippen molar-refractivity contribution in [1.82, 2.24) is 10.6 Å². The number of rotatable bonds is 8. The highest BCUT2D eigenvalue weighted by Gasteiger charge is 2.18. The van der Waals surface area contributed by atoms with Gasteiger partial charge in [-0.3, -0.25) is 9.59 Å². The summed E-state index contributed by atoms with van der Waals surface area (Å²) >= 11 is 0. The highest BCUT2D eigenvalue weighted by atomic mass is 16.2. The summed E-state index contributed by atoms with van der Waals surface area (Å²) in [5.41, 5.74) is 5.34. The Morgan fingerprint density at radius 1 is 1.44 bits per heavy atom. The average molecular weight is 229 g/mol. The van der Waals surface area contributed by atoms with Gasteiger partial charge in [0.15, 0.2) is 0 Å². The van der Waals surface area contributed by atoms with Crippen molar-refractivity contribution < 1.29 is 14.4 Å². The molecule has 0 aliphatic heterocycles. The standard InChI is InChI=1S/C10H19N3O3/c1-2-3-9(15)13-8(4-5-11)10(16)12-6-7-14/h7-8H,2-6,11H2,1H3,(H,12,16)(H,13,15)/t8-/m0/s1. The van der Waals surface area contributed by atoms with Gasteiger partial charge in [-0.15, -0.1) is 0 Å². The van der Waals surface area contributed by atoms with Crippen LogP contribution in [0.4, 0.5) is 0 Å². The zero-order valence-electron chi connectivity index (χ0n) is 9.49. The first kappa shape index (κ1) is 14.6. The van der Waals surface area contributed by atoms with Crippen molar-refractivity contribution in [1.29, 1.82) is 0 Å². The minimum atomic E-state index is -0.649. The fraction of sp³-hybridized carbons (Fsp3) is 0.700. The minimum absolute atomic E-state index is 0.0520. The average Bonchev–Trinajstić information content (AvgIpc) is 2.25. The lowest BCUT2D eigenvalue weighted by molar-refractivity contribution is -0.129. The number of hydrogen-bond donors (Lipinski definition) is 3. The molecule has 1 atom stereocenters. The van der Waals surface area contributed by atoms with Crippen molar-refractivity contribution >= 4 is 18.1 Å². The largest absolute Gasteiger partial charge is 0.348 e. The van der Waals surface area contributed by atoms with Gasteiger partial charge < -0.3 is 21.2 Å². The third-order valence-corrected chi connectivity index (χ3v) is 1.94. The van der Waals surface area contributed by atoms with E-state index in [2.05, 4.69) is 10.6 Å². The summed E-state index contributed by atoms with van der Waals surface area (Å²) in [6, 6.07) is -0.649. The van der Waals surface area contributed by atoms with Crippen LogP contribution in [-0.4, -0.2) is 37.2 Å². The van der Waals surface area contributed by atoms with Gasteiger partial charge in [0.1, 0.15) is 12.3 Å². The second-order valence-corrected chi connectivity index (χ2v) is 3.36. The van der Waals surface area contributed by atoms with Crippen LogP contribution in [0.1, 0.15) is 26.2 Å². The molecule has 0 aromatic carbocycles. The maximum absolute atomic E-state index is 11.5. The second kappa shape index (κ2) is 8.84. The summed E-state index contributed by atoms with van der Waals surface area (Å²) in [5, 5.41) is 4.97.